The molecule has 1 rings (SSSR count). The van der Waals surface area contributed by atoms with E-state index in [1.165, 1.54) is 0 Å². The third-order valence-electron chi connectivity index (χ3n) is 2.14. The van der Waals surface area contributed by atoms with E-state index in [1.807, 2.05) is 11.6 Å². The number of nitrogens with one attached hydrogen (secondary N) is 2. The summed E-state index contributed by atoms with van der Waals surface area (Å²) in [6, 6.07) is -0.419. The smallest absolute Gasteiger partial charge is 0.315 e. The van der Waals surface area contributed by atoms with Gasteiger partial charge in [-0.1, -0.05) is 6.92 Å². The average Bonchev–Trinajstić information content (AvgIpc) is 2.02. The summed E-state index contributed by atoms with van der Waals surface area (Å²) in [5, 5.41) is 2.97. The van der Waals surface area contributed by atoms with Crippen molar-refractivity contribution in [2.45, 2.75) is 25.1 Å². The van der Waals surface area contributed by atoms with Gasteiger partial charge in [-0.05, 0) is 18.9 Å². The molecule has 14 heavy (non-hydrogen) atoms. The van der Waals surface area contributed by atoms with E-state index in [2.05, 4.69) is 5.32 Å². The summed E-state index contributed by atoms with van der Waals surface area (Å²) in [6.45, 7) is 3.15. The van der Waals surface area contributed by atoms with Gasteiger partial charge in [-0.3, -0.25) is 0 Å². The van der Waals surface area contributed by atoms with Crippen LogP contribution >= 0.6 is 0 Å². The van der Waals surface area contributed by atoms with E-state index in [0.717, 1.165) is 6.54 Å². The topological polar surface area (TPSA) is 58.2 Å². The maximum atomic E-state index is 12.0. The van der Waals surface area contributed by atoms with Gasteiger partial charge >= 0.3 is 5.76 Å². The quantitative estimate of drug-likeness (QED) is 0.721. The van der Waals surface area contributed by atoms with Crippen molar-refractivity contribution in [2.75, 3.05) is 13.1 Å². The molecular formula is C7H14F2N2O2S. The van der Waals surface area contributed by atoms with Crippen LogP contribution in [-0.4, -0.2) is 33.3 Å². The van der Waals surface area contributed by atoms with E-state index < -0.39 is 21.8 Å². The standard InChI is InChI=1S/C7H14F2N2O2S/c1-5-2-6(4-10-3-5)11-14(12,13)7(8)9/h5-7,10-11H,2-4H2,1H3. The average molecular weight is 228 g/mol. The Bertz CT molecular complexity index is 281. The lowest BCUT2D eigenvalue weighted by atomic mass is 9.99. The van der Waals surface area contributed by atoms with Crippen LogP contribution in [0.1, 0.15) is 13.3 Å². The van der Waals surface area contributed by atoms with E-state index in [0.29, 0.717) is 18.9 Å². The van der Waals surface area contributed by atoms with Crippen LogP contribution in [0, 0.1) is 5.92 Å². The Balaban J connectivity index is 2.52. The van der Waals surface area contributed by atoms with Crippen LogP contribution in [0.25, 0.3) is 0 Å². The molecule has 2 unspecified atom stereocenters. The molecule has 1 heterocycles. The summed E-state index contributed by atoms with van der Waals surface area (Å²) in [4.78, 5) is 0. The lowest BCUT2D eigenvalue weighted by Crippen LogP contribution is -2.49. The highest BCUT2D eigenvalue weighted by atomic mass is 32.2. The molecule has 0 aliphatic carbocycles. The second-order valence-corrected chi connectivity index (χ2v) is 5.30. The second kappa shape index (κ2) is 4.50. The number of rotatable bonds is 3. The first-order valence-corrected chi connectivity index (χ1v) is 5.96. The molecule has 1 saturated heterocycles. The van der Waals surface area contributed by atoms with Crippen LogP contribution in [-0.2, 0) is 10.0 Å². The molecule has 0 aromatic carbocycles. The van der Waals surface area contributed by atoms with Gasteiger partial charge in [0.1, 0.15) is 0 Å². The molecule has 0 amide bonds. The van der Waals surface area contributed by atoms with Gasteiger partial charge in [0.15, 0.2) is 0 Å². The molecule has 84 valence electrons. The van der Waals surface area contributed by atoms with Crippen LogP contribution < -0.4 is 10.0 Å². The van der Waals surface area contributed by atoms with E-state index in [1.54, 1.807) is 0 Å². The van der Waals surface area contributed by atoms with Crippen LogP contribution in [0.5, 0.6) is 0 Å². The fourth-order valence-electron chi connectivity index (χ4n) is 1.53. The Hall–Kier alpha value is -0.270. The monoisotopic (exact) mass is 228 g/mol. The molecular weight excluding hydrogens is 214 g/mol. The van der Waals surface area contributed by atoms with Crippen molar-refractivity contribution in [2.24, 2.45) is 5.92 Å². The number of hydrogen-bond acceptors (Lipinski definition) is 3. The molecule has 2 N–H and O–H groups in total. The number of piperidine rings is 1. The summed E-state index contributed by atoms with van der Waals surface area (Å²) in [7, 11) is -4.44. The molecule has 7 heteroatoms. The number of hydrogen-bond donors (Lipinski definition) is 2. The summed E-state index contributed by atoms with van der Waals surface area (Å²) < 4.78 is 47.6. The van der Waals surface area contributed by atoms with Crippen LogP contribution in [0.2, 0.25) is 0 Å². The summed E-state index contributed by atoms with van der Waals surface area (Å²) in [5.41, 5.74) is 0. The van der Waals surface area contributed by atoms with Gasteiger partial charge in [-0.15, -0.1) is 0 Å². The first-order valence-electron chi connectivity index (χ1n) is 4.42. The van der Waals surface area contributed by atoms with E-state index in [-0.39, 0.29) is 0 Å². The first kappa shape index (κ1) is 11.8. The van der Waals surface area contributed by atoms with Crippen molar-refractivity contribution in [1.29, 1.82) is 0 Å². The second-order valence-electron chi connectivity index (χ2n) is 3.62. The van der Waals surface area contributed by atoms with Gasteiger partial charge in [0, 0.05) is 12.6 Å². The number of sulfonamides is 1. The van der Waals surface area contributed by atoms with Gasteiger partial charge in [-0.2, -0.15) is 8.78 Å². The van der Waals surface area contributed by atoms with E-state index in [4.69, 9.17) is 0 Å². The SMILES string of the molecule is CC1CNCC(NS(=O)(=O)C(F)F)C1. The van der Waals surface area contributed by atoms with Crippen molar-refractivity contribution in [3.05, 3.63) is 0 Å². The summed E-state index contributed by atoms with van der Waals surface area (Å²) in [5.74, 6) is -3.05. The largest absolute Gasteiger partial charge is 0.350 e. The maximum Gasteiger partial charge on any atom is 0.350 e. The van der Waals surface area contributed by atoms with Gasteiger partial charge in [-0.25, -0.2) is 13.1 Å². The van der Waals surface area contributed by atoms with Crippen molar-refractivity contribution in [3.63, 3.8) is 0 Å². The lowest BCUT2D eigenvalue weighted by Gasteiger charge is -2.27. The molecule has 0 aromatic heterocycles. The Kier molecular flexibility index (Phi) is 3.79. The number of halogens is 2. The lowest BCUT2D eigenvalue weighted by molar-refractivity contribution is 0.229. The molecule has 1 aliphatic rings. The van der Waals surface area contributed by atoms with Crippen molar-refractivity contribution in [3.8, 4) is 0 Å². The normalized spacial score (nSPS) is 29.4. The van der Waals surface area contributed by atoms with Crippen LogP contribution in [0.15, 0.2) is 0 Å². The highest BCUT2D eigenvalue weighted by Gasteiger charge is 2.29. The van der Waals surface area contributed by atoms with Crippen molar-refractivity contribution >= 4 is 10.0 Å². The molecule has 0 radical (unpaired) electrons. The molecule has 4 nitrogen and oxygen atoms in total. The van der Waals surface area contributed by atoms with Gasteiger partial charge in [0.05, 0.1) is 0 Å². The van der Waals surface area contributed by atoms with Crippen LogP contribution in [0.4, 0.5) is 8.78 Å². The first-order chi connectivity index (χ1) is 6.42. The minimum absolute atomic E-state index is 0.300. The highest BCUT2D eigenvalue weighted by Crippen LogP contribution is 2.12. The molecule has 0 spiro atoms. The fourth-order valence-corrected chi connectivity index (χ4v) is 2.28. The number of alkyl halides is 2. The zero-order valence-electron chi connectivity index (χ0n) is 7.83. The molecule has 1 aliphatic heterocycles. The minimum Gasteiger partial charge on any atom is -0.315 e. The van der Waals surface area contributed by atoms with Gasteiger partial charge < -0.3 is 5.32 Å². The Morgan fingerprint density at radius 2 is 2.07 bits per heavy atom. The zero-order chi connectivity index (χ0) is 10.8. The zero-order valence-corrected chi connectivity index (χ0v) is 8.65. The highest BCUT2D eigenvalue weighted by molar-refractivity contribution is 7.89. The van der Waals surface area contributed by atoms with Gasteiger partial charge in [0.25, 0.3) is 10.0 Å². The Morgan fingerprint density at radius 3 is 2.57 bits per heavy atom. The maximum absolute atomic E-state index is 12.0. The molecule has 0 saturated carbocycles. The van der Waals surface area contributed by atoms with Crippen molar-refractivity contribution in [1.82, 2.24) is 10.0 Å². The Labute approximate surface area is 82.1 Å². The van der Waals surface area contributed by atoms with Gasteiger partial charge in [0.2, 0.25) is 0 Å². The van der Waals surface area contributed by atoms with E-state index in [9.17, 15) is 17.2 Å². The molecule has 1 fully saturated rings. The molecule has 2 atom stereocenters. The fraction of sp³-hybridized carbons (Fsp3) is 1.00. The van der Waals surface area contributed by atoms with Crippen molar-refractivity contribution < 1.29 is 17.2 Å². The molecule has 0 bridgehead atoms. The molecule has 0 aromatic rings. The minimum atomic E-state index is -4.44. The summed E-state index contributed by atoms with van der Waals surface area (Å²) in [6.07, 6.45) is 0.596. The van der Waals surface area contributed by atoms with E-state index >= 15 is 0 Å². The third kappa shape index (κ3) is 3.14. The summed E-state index contributed by atoms with van der Waals surface area (Å²) >= 11 is 0. The predicted molar refractivity (Wildman–Crippen MR) is 48.5 cm³/mol. The third-order valence-corrected chi connectivity index (χ3v) is 3.27. The Morgan fingerprint density at radius 1 is 1.43 bits per heavy atom. The predicted octanol–water partition coefficient (Wildman–Crippen LogP) is 0.126. The van der Waals surface area contributed by atoms with Crippen LogP contribution in [0.3, 0.4) is 0 Å².